The van der Waals surface area contributed by atoms with Gasteiger partial charge in [-0.15, -0.1) is 11.8 Å². The van der Waals surface area contributed by atoms with E-state index in [0.717, 1.165) is 9.37 Å². The van der Waals surface area contributed by atoms with E-state index in [1.807, 2.05) is 12.1 Å². The van der Waals surface area contributed by atoms with E-state index in [1.54, 1.807) is 24.5 Å². The highest BCUT2D eigenvalue weighted by Crippen LogP contribution is 2.28. The van der Waals surface area contributed by atoms with Crippen LogP contribution >= 0.6 is 27.7 Å². The molecular weight excluding hydrogens is 328 g/mol. The molecule has 1 aromatic heterocycles. The molecule has 0 bridgehead atoms. The van der Waals surface area contributed by atoms with Crippen LogP contribution in [0.25, 0.3) is 0 Å². The van der Waals surface area contributed by atoms with Gasteiger partial charge in [0.2, 0.25) is 11.9 Å². The van der Waals surface area contributed by atoms with Crippen LogP contribution in [0.3, 0.4) is 0 Å². The van der Waals surface area contributed by atoms with Crippen molar-refractivity contribution in [3.63, 3.8) is 0 Å². The lowest BCUT2D eigenvalue weighted by Gasteiger charge is -2.06. The average molecular weight is 339 g/mol. The molecule has 0 saturated heterocycles. The minimum Gasteiger partial charge on any atom is -0.398 e. The van der Waals surface area contributed by atoms with Crippen LogP contribution in [0.1, 0.15) is 0 Å². The first-order chi connectivity index (χ1) is 9.15. The van der Waals surface area contributed by atoms with Gasteiger partial charge < -0.3 is 5.73 Å². The molecule has 1 aromatic carbocycles. The first-order valence-corrected chi connectivity index (χ1v) is 7.18. The van der Waals surface area contributed by atoms with Crippen LogP contribution in [-0.4, -0.2) is 21.6 Å². The number of nitrogens with two attached hydrogens (primary N) is 1. The van der Waals surface area contributed by atoms with Gasteiger partial charge in [0.25, 0.3) is 0 Å². The largest absolute Gasteiger partial charge is 0.398 e. The second-order valence-corrected chi connectivity index (χ2v) is 5.52. The molecule has 19 heavy (non-hydrogen) atoms. The second-order valence-electron chi connectivity index (χ2n) is 3.59. The highest BCUT2D eigenvalue weighted by molar-refractivity contribution is 9.10. The van der Waals surface area contributed by atoms with Gasteiger partial charge in [0.05, 0.1) is 5.75 Å². The minimum absolute atomic E-state index is 0.171. The lowest BCUT2D eigenvalue weighted by Crippen LogP contribution is -2.15. The summed E-state index contributed by atoms with van der Waals surface area (Å²) in [6, 6.07) is 7.22. The van der Waals surface area contributed by atoms with Crippen molar-refractivity contribution < 1.29 is 4.79 Å². The van der Waals surface area contributed by atoms with Crippen molar-refractivity contribution in [2.45, 2.75) is 4.90 Å². The van der Waals surface area contributed by atoms with E-state index in [1.165, 1.54) is 11.8 Å². The van der Waals surface area contributed by atoms with Gasteiger partial charge >= 0.3 is 0 Å². The van der Waals surface area contributed by atoms with Gasteiger partial charge in [0.1, 0.15) is 0 Å². The SMILES string of the molecule is Nc1ccc(Br)cc1SCC(=O)Nc1ncccn1. The number of nitrogens with zero attached hydrogens (tertiary/aromatic N) is 2. The Hall–Kier alpha value is -1.60. The van der Waals surface area contributed by atoms with E-state index < -0.39 is 0 Å². The van der Waals surface area contributed by atoms with Crippen LogP contribution in [0.15, 0.2) is 46.0 Å². The topological polar surface area (TPSA) is 80.9 Å². The molecule has 7 heteroatoms. The van der Waals surface area contributed by atoms with Gasteiger partial charge in [-0.1, -0.05) is 15.9 Å². The summed E-state index contributed by atoms with van der Waals surface area (Å²) < 4.78 is 0.927. The van der Waals surface area contributed by atoms with Crippen LogP contribution < -0.4 is 11.1 Å². The first-order valence-electron chi connectivity index (χ1n) is 5.40. The molecule has 98 valence electrons. The number of hydrogen-bond donors (Lipinski definition) is 2. The Labute approximate surface area is 123 Å². The van der Waals surface area contributed by atoms with E-state index >= 15 is 0 Å². The fraction of sp³-hybridized carbons (Fsp3) is 0.0833. The van der Waals surface area contributed by atoms with E-state index in [0.29, 0.717) is 11.6 Å². The number of rotatable bonds is 4. The highest BCUT2D eigenvalue weighted by atomic mass is 79.9. The molecule has 2 rings (SSSR count). The predicted octanol–water partition coefficient (Wildman–Crippen LogP) is 2.55. The molecule has 0 spiro atoms. The molecule has 3 N–H and O–H groups in total. The summed E-state index contributed by atoms with van der Waals surface area (Å²) in [7, 11) is 0. The van der Waals surface area contributed by atoms with Crippen molar-refractivity contribution in [1.29, 1.82) is 0 Å². The highest BCUT2D eigenvalue weighted by Gasteiger charge is 2.07. The Morgan fingerprint density at radius 3 is 2.84 bits per heavy atom. The number of aromatic nitrogens is 2. The maximum Gasteiger partial charge on any atom is 0.237 e. The molecule has 0 saturated carbocycles. The number of benzene rings is 1. The number of carbonyl (C=O) groups excluding carboxylic acids is 1. The van der Waals surface area contributed by atoms with Crippen molar-refractivity contribution in [1.82, 2.24) is 9.97 Å². The smallest absolute Gasteiger partial charge is 0.237 e. The Bertz CT molecular complexity index is 579. The molecule has 0 radical (unpaired) electrons. The zero-order valence-corrected chi connectivity index (χ0v) is 12.2. The average Bonchev–Trinajstić information content (AvgIpc) is 2.41. The molecule has 0 atom stereocenters. The Kier molecular flexibility index (Phi) is 4.75. The third-order valence-corrected chi connectivity index (χ3v) is 3.72. The maximum atomic E-state index is 11.7. The Balaban J connectivity index is 1.92. The quantitative estimate of drug-likeness (QED) is 0.661. The number of amides is 1. The summed E-state index contributed by atoms with van der Waals surface area (Å²) in [6.45, 7) is 0. The summed E-state index contributed by atoms with van der Waals surface area (Å²) in [5.41, 5.74) is 6.48. The number of nitrogen functional groups attached to an aromatic ring is 1. The lowest BCUT2D eigenvalue weighted by atomic mass is 10.3. The minimum atomic E-state index is -0.171. The first kappa shape index (κ1) is 13.8. The third-order valence-electron chi connectivity index (χ3n) is 2.15. The fourth-order valence-corrected chi connectivity index (χ4v) is 2.62. The standard InChI is InChI=1S/C12H11BrN4OS/c13-8-2-3-9(14)10(6-8)19-7-11(18)17-12-15-4-1-5-16-12/h1-6H,7,14H2,(H,15,16,17,18). The number of nitrogens with one attached hydrogen (secondary N) is 1. The van der Waals surface area contributed by atoms with E-state index in [2.05, 4.69) is 31.2 Å². The predicted molar refractivity (Wildman–Crippen MR) is 79.9 cm³/mol. The summed E-state index contributed by atoms with van der Waals surface area (Å²) in [5.74, 6) is 0.379. The Morgan fingerprint density at radius 1 is 1.37 bits per heavy atom. The van der Waals surface area contributed by atoms with Crippen molar-refractivity contribution in [2.75, 3.05) is 16.8 Å². The van der Waals surface area contributed by atoms with Gasteiger partial charge in [0.15, 0.2) is 0 Å². The zero-order chi connectivity index (χ0) is 13.7. The molecular formula is C12H11BrN4OS. The van der Waals surface area contributed by atoms with Crippen LogP contribution in [0.2, 0.25) is 0 Å². The number of thioether (sulfide) groups is 1. The van der Waals surface area contributed by atoms with Gasteiger partial charge in [-0.2, -0.15) is 0 Å². The lowest BCUT2D eigenvalue weighted by molar-refractivity contribution is -0.113. The number of anilines is 2. The molecule has 1 heterocycles. The summed E-state index contributed by atoms with van der Waals surface area (Å²) in [4.78, 5) is 20.4. The molecule has 1 amide bonds. The van der Waals surface area contributed by atoms with Crippen LogP contribution in [0.5, 0.6) is 0 Å². The van der Waals surface area contributed by atoms with Crippen molar-refractivity contribution >= 4 is 45.2 Å². The normalized spacial score (nSPS) is 10.2. The molecule has 2 aromatic rings. The van der Waals surface area contributed by atoms with E-state index in [-0.39, 0.29) is 11.7 Å². The maximum absolute atomic E-state index is 11.7. The summed E-state index contributed by atoms with van der Waals surface area (Å²) in [6.07, 6.45) is 3.14. The molecule has 0 aliphatic rings. The van der Waals surface area contributed by atoms with Gasteiger partial charge in [0, 0.05) is 27.4 Å². The van der Waals surface area contributed by atoms with Gasteiger partial charge in [-0.3, -0.25) is 10.1 Å². The molecule has 0 fully saturated rings. The monoisotopic (exact) mass is 338 g/mol. The fourth-order valence-electron chi connectivity index (χ4n) is 1.30. The van der Waals surface area contributed by atoms with Crippen LogP contribution in [0.4, 0.5) is 11.6 Å². The molecule has 0 aliphatic carbocycles. The third kappa shape index (κ3) is 4.22. The zero-order valence-electron chi connectivity index (χ0n) is 9.84. The van der Waals surface area contributed by atoms with Gasteiger partial charge in [-0.25, -0.2) is 9.97 Å². The number of carbonyl (C=O) groups is 1. The second kappa shape index (κ2) is 6.53. The van der Waals surface area contributed by atoms with E-state index in [9.17, 15) is 4.79 Å². The van der Waals surface area contributed by atoms with E-state index in [4.69, 9.17) is 5.73 Å². The van der Waals surface area contributed by atoms with Crippen LogP contribution in [0, 0.1) is 0 Å². The summed E-state index contributed by atoms with van der Waals surface area (Å²) >= 11 is 4.73. The van der Waals surface area contributed by atoms with Crippen molar-refractivity contribution in [3.8, 4) is 0 Å². The molecule has 0 unspecified atom stereocenters. The molecule has 5 nitrogen and oxygen atoms in total. The summed E-state index contributed by atoms with van der Waals surface area (Å²) in [5, 5.41) is 2.61. The van der Waals surface area contributed by atoms with Crippen molar-refractivity contribution in [2.24, 2.45) is 0 Å². The van der Waals surface area contributed by atoms with Crippen molar-refractivity contribution in [3.05, 3.63) is 41.1 Å². The Morgan fingerprint density at radius 2 is 2.11 bits per heavy atom. The number of halogens is 1. The number of hydrogen-bond acceptors (Lipinski definition) is 5. The van der Waals surface area contributed by atoms with Gasteiger partial charge in [-0.05, 0) is 24.3 Å². The van der Waals surface area contributed by atoms with Crippen LogP contribution in [-0.2, 0) is 4.79 Å². The molecule has 0 aliphatic heterocycles.